The second-order valence-corrected chi connectivity index (χ2v) is 1.38. The van der Waals surface area contributed by atoms with E-state index in [1.807, 2.05) is 0 Å². The Morgan fingerprint density at radius 1 is 1.75 bits per heavy atom. The summed E-state index contributed by atoms with van der Waals surface area (Å²) >= 11 is 0. The first-order valence-electron chi connectivity index (χ1n) is 2.41. The molecule has 0 fully saturated rings. The number of esters is 1. The molecule has 0 amide bonds. The Balaban J connectivity index is 2.99. The molecule has 0 aromatic heterocycles. The highest BCUT2D eigenvalue weighted by atomic mass is 16.5. The maximum atomic E-state index is 10.2. The average Bonchev–Trinajstić information content (AvgIpc) is 1.83. The van der Waals surface area contributed by atoms with E-state index >= 15 is 0 Å². The van der Waals surface area contributed by atoms with E-state index in [9.17, 15) is 4.79 Å². The number of ether oxygens (including phenoxy) is 1. The average molecular weight is 115 g/mol. The second kappa shape index (κ2) is 4.59. The standard InChI is InChI=1S/C5H9NO2/c1-8-5(7)3-2-4-6/h1H,2-4,6H2. The zero-order valence-electron chi connectivity index (χ0n) is 4.59. The van der Waals surface area contributed by atoms with Crippen LogP contribution in [0.2, 0.25) is 0 Å². The third-order valence-electron chi connectivity index (χ3n) is 0.716. The van der Waals surface area contributed by atoms with E-state index in [1.165, 1.54) is 0 Å². The van der Waals surface area contributed by atoms with Gasteiger partial charge in [0, 0.05) is 6.42 Å². The van der Waals surface area contributed by atoms with Gasteiger partial charge in [0.2, 0.25) is 0 Å². The lowest BCUT2D eigenvalue weighted by Gasteiger charge is -1.92. The van der Waals surface area contributed by atoms with E-state index < -0.39 is 5.97 Å². The second-order valence-electron chi connectivity index (χ2n) is 1.38. The van der Waals surface area contributed by atoms with Gasteiger partial charge in [-0.25, -0.2) is 0 Å². The van der Waals surface area contributed by atoms with Crippen LogP contribution in [0.1, 0.15) is 12.8 Å². The summed E-state index contributed by atoms with van der Waals surface area (Å²) in [4.78, 5) is 10.2. The van der Waals surface area contributed by atoms with Gasteiger partial charge >= 0.3 is 5.97 Å². The highest BCUT2D eigenvalue weighted by Gasteiger charge is 1.95. The molecule has 0 unspecified atom stereocenters. The fourth-order valence-corrected chi connectivity index (χ4v) is 0.305. The molecule has 0 aromatic carbocycles. The molecule has 0 spiro atoms. The van der Waals surface area contributed by atoms with Crippen molar-refractivity contribution in [2.45, 2.75) is 12.8 Å². The molecular formula is C5H9NO2. The number of carbonyl (C=O) groups excluding carboxylic acids is 1. The van der Waals surface area contributed by atoms with E-state index in [4.69, 9.17) is 5.73 Å². The Morgan fingerprint density at radius 3 is 2.75 bits per heavy atom. The SMILES string of the molecule is [CH]OC(=O)CCCN. The maximum Gasteiger partial charge on any atom is 0.306 e. The molecule has 0 aliphatic rings. The Kier molecular flexibility index (Phi) is 4.26. The monoisotopic (exact) mass is 115 g/mol. The number of hydrogen-bond acceptors (Lipinski definition) is 3. The summed E-state index contributed by atoms with van der Waals surface area (Å²) in [6.07, 6.45) is 0.947. The molecule has 0 rings (SSSR count). The van der Waals surface area contributed by atoms with E-state index in [2.05, 4.69) is 11.8 Å². The lowest BCUT2D eigenvalue weighted by Crippen LogP contribution is -2.04. The molecular weight excluding hydrogens is 106 g/mol. The van der Waals surface area contributed by atoms with Crippen LogP contribution < -0.4 is 5.73 Å². The largest absolute Gasteiger partial charge is 0.454 e. The maximum absolute atomic E-state index is 10.2. The first kappa shape index (κ1) is 7.43. The predicted molar refractivity (Wildman–Crippen MR) is 28.7 cm³/mol. The minimum absolute atomic E-state index is 0.312. The molecule has 0 aliphatic carbocycles. The zero-order valence-corrected chi connectivity index (χ0v) is 4.59. The van der Waals surface area contributed by atoms with E-state index in [-0.39, 0.29) is 0 Å². The van der Waals surface area contributed by atoms with Crippen LogP contribution in [0.15, 0.2) is 0 Å². The third kappa shape index (κ3) is 3.61. The van der Waals surface area contributed by atoms with Crippen molar-refractivity contribution in [3.05, 3.63) is 7.11 Å². The predicted octanol–water partition coefficient (Wildman–Crippen LogP) is -0.0629. The van der Waals surface area contributed by atoms with Crippen molar-refractivity contribution in [1.82, 2.24) is 0 Å². The third-order valence-corrected chi connectivity index (χ3v) is 0.716. The number of nitrogens with two attached hydrogens (primary N) is 1. The molecule has 3 heteroatoms. The zero-order chi connectivity index (χ0) is 6.41. The Morgan fingerprint density at radius 2 is 2.38 bits per heavy atom. The molecule has 2 N–H and O–H groups in total. The summed E-state index contributed by atoms with van der Waals surface area (Å²) in [6.45, 7) is 0.495. The van der Waals surface area contributed by atoms with Crippen molar-refractivity contribution in [1.29, 1.82) is 0 Å². The number of hydrogen-bond donors (Lipinski definition) is 1. The summed E-state index contributed by atoms with van der Waals surface area (Å²) in [5.74, 6) is -0.407. The van der Waals surface area contributed by atoms with Crippen molar-refractivity contribution in [3.8, 4) is 0 Å². The van der Waals surface area contributed by atoms with Crippen LogP contribution in [0, 0.1) is 7.11 Å². The highest BCUT2D eigenvalue weighted by Crippen LogP contribution is 1.87. The van der Waals surface area contributed by atoms with Gasteiger partial charge in [0.1, 0.15) is 0 Å². The van der Waals surface area contributed by atoms with Gasteiger partial charge in [-0.2, -0.15) is 0 Å². The Hall–Kier alpha value is -0.570. The van der Waals surface area contributed by atoms with Gasteiger partial charge in [-0.3, -0.25) is 4.79 Å². The summed E-state index contributed by atoms with van der Waals surface area (Å²) in [7, 11) is 4.52. The van der Waals surface area contributed by atoms with E-state index in [0.29, 0.717) is 19.4 Å². The molecule has 0 aromatic rings. The van der Waals surface area contributed by atoms with Crippen LogP contribution in [0.25, 0.3) is 0 Å². The minimum Gasteiger partial charge on any atom is -0.454 e. The Labute approximate surface area is 48.8 Å². The first-order chi connectivity index (χ1) is 3.81. The molecule has 0 bridgehead atoms. The van der Waals surface area contributed by atoms with Gasteiger partial charge in [-0.15, -0.1) is 0 Å². The molecule has 3 nitrogen and oxygen atoms in total. The summed E-state index contributed by atoms with van der Waals surface area (Å²) in [5.41, 5.74) is 5.08. The van der Waals surface area contributed by atoms with Crippen LogP contribution in [0.4, 0.5) is 0 Å². The van der Waals surface area contributed by atoms with Gasteiger partial charge < -0.3 is 10.5 Å². The molecule has 8 heavy (non-hydrogen) atoms. The van der Waals surface area contributed by atoms with Gasteiger partial charge in [0.25, 0.3) is 0 Å². The van der Waals surface area contributed by atoms with E-state index in [0.717, 1.165) is 0 Å². The van der Waals surface area contributed by atoms with Crippen molar-refractivity contribution in [3.63, 3.8) is 0 Å². The van der Waals surface area contributed by atoms with Crippen LogP contribution in [-0.2, 0) is 9.53 Å². The molecule has 0 heterocycles. The lowest BCUT2D eigenvalue weighted by atomic mass is 10.3. The van der Waals surface area contributed by atoms with Crippen LogP contribution in [0.5, 0.6) is 0 Å². The summed E-state index contributed by atoms with van der Waals surface area (Å²) in [5, 5.41) is 0. The van der Waals surface area contributed by atoms with Crippen molar-refractivity contribution in [2.24, 2.45) is 5.73 Å². The number of rotatable bonds is 3. The Bertz CT molecular complexity index is 72.8. The van der Waals surface area contributed by atoms with Crippen LogP contribution >= 0.6 is 0 Å². The van der Waals surface area contributed by atoms with Gasteiger partial charge in [0.15, 0.2) is 7.11 Å². The van der Waals surface area contributed by atoms with Gasteiger partial charge in [-0.1, -0.05) is 0 Å². The van der Waals surface area contributed by atoms with E-state index in [1.54, 1.807) is 0 Å². The first-order valence-corrected chi connectivity index (χ1v) is 2.41. The lowest BCUT2D eigenvalue weighted by molar-refractivity contribution is -0.138. The molecule has 0 atom stereocenters. The molecule has 2 radical (unpaired) electrons. The fraction of sp³-hybridized carbons (Fsp3) is 0.600. The minimum atomic E-state index is -0.407. The molecule has 0 aliphatic heterocycles. The molecule has 46 valence electrons. The summed E-state index contributed by atoms with van der Waals surface area (Å²) in [6, 6.07) is 0. The normalized spacial score (nSPS) is 8.75. The molecule has 0 saturated heterocycles. The number of carbonyl (C=O) groups is 1. The quantitative estimate of drug-likeness (QED) is 0.524. The molecule has 0 saturated carbocycles. The van der Waals surface area contributed by atoms with Gasteiger partial charge in [-0.05, 0) is 13.0 Å². The van der Waals surface area contributed by atoms with Crippen LogP contribution in [-0.4, -0.2) is 12.5 Å². The summed E-state index contributed by atoms with van der Waals surface area (Å²) < 4.78 is 3.86. The van der Waals surface area contributed by atoms with Crippen LogP contribution in [0.3, 0.4) is 0 Å². The fourth-order valence-electron chi connectivity index (χ4n) is 0.305. The highest BCUT2D eigenvalue weighted by molar-refractivity contribution is 5.69. The smallest absolute Gasteiger partial charge is 0.306 e. The van der Waals surface area contributed by atoms with Crippen molar-refractivity contribution >= 4 is 5.97 Å². The topological polar surface area (TPSA) is 52.3 Å². The van der Waals surface area contributed by atoms with Crippen molar-refractivity contribution < 1.29 is 9.53 Å². The van der Waals surface area contributed by atoms with Crippen molar-refractivity contribution in [2.75, 3.05) is 6.54 Å². The van der Waals surface area contributed by atoms with Gasteiger partial charge in [0.05, 0.1) is 0 Å².